The zero-order valence-electron chi connectivity index (χ0n) is 37.7. The lowest BCUT2D eigenvalue weighted by Gasteiger charge is -2.36. The summed E-state index contributed by atoms with van der Waals surface area (Å²) in [6.07, 6.45) is 8.13. The third-order valence-corrected chi connectivity index (χ3v) is 13.2. The van der Waals surface area contributed by atoms with Gasteiger partial charge in [-0.25, -0.2) is 9.50 Å². The van der Waals surface area contributed by atoms with Crippen LogP contribution < -0.4 is 21.3 Å². The summed E-state index contributed by atoms with van der Waals surface area (Å²) in [4.78, 5) is 77.2. The molecule has 0 aliphatic carbocycles. The summed E-state index contributed by atoms with van der Waals surface area (Å²) in [5, 5.41) is 9.87. The normalized spacial score (nSPS) is 18.2. The summed E-state index contributed by atoms with van der Waals surface area (Å²) in [7, 11) is 1.64. The number of piperazine rings is 1. The Kier molecular flexibility index (Phi) is 14.1. The number of nitrogens with two attached hydrogens (primary N) is 1. The molecule has 4 aromatic rings. The van der Waals surface area contributed by atoms with Gasteiger partial charge in [0.2, 0.25) is 17.7 Å². The third kappa shape index (κ3) is 10.2. The van der Waals surface area contributed by atoms with Crippen molar-refractivity contribution >= 4 is 52.2 Å². The molecule has 4 N–H and O–H groups in total. The Bertz CT molecular complexity index is 2490. The van der Waals surface area contributed by atoms with Crippen LogP contribution in [0.2, 0.25) is 0 Å². The number of ether oxygens (including phenoxy) is 1. The number of imide groups is 1. The minimum atomic E-state index is -0.609. The highest BCUT2D eigenvalue weighted by Gasteiger charge is 2.39. The maximum atomic E-state index is 14.0. The van der Waals surface area contributed by atoms with E-state index in [1.54, 1.807) is 16.5 Å². The molecule has 16 nitrogen and oxygen atoms in total. The van der Waals surface area contributed by atoms with Crippen molar-refractivity contribution in [1.29, 1.82) is 0 Å². The second-order valence-corrected chi connectivity index (χ2v) is 17.9. The largest absolute Gasteiger partial charge is 0.382 e. The molecule has 2 aromatic carbocycles. The molecular formula is C49H60N10O6. The van der Waals surface area contributed by atoms with E-state index in [0.717, 1.165) is 93.8 Å². The molecule has 4 aliphatic rings. The van der Waals surface area contributed by atoms with Crippen molar-refractivity contribution < 1.29 is 28.7 Å². The van der Waals surface area contributed by atoms with Crippen LogP contribution in [0, 0.1) is 17.8 Å². The van der Waals surface area contributed by atoms with Gasteiger partial charge in [0.1, 0.15) is 17.9 Å². The molecule has 8 rings (SSSR count). The van der Waals surface area contributed by atoms with Crippen LogP contribution in [-0.2, 0) is 32.3 Å². The van der Waals surface area contributed by atoms with Crippen LogP contribution in [-0.4, -0.2) is 118 Å². The molecule has 65 heavy (non-hydrogen) atoms. The molecule has 0 bridgehead atoms. The first-order chi connectivity index (χ1) is 31.5. The number of nitrogens with zero attached hydrogens (tertiary/aromatic N) is 7. The van der Waals surface area contributed by atoms with Gasteiger partial charge in [-0.2, -0.15) is 5.10 Å². The first-order valence-electron chi connectivity index (χ1n) is 23.1. The number of benzene rings is 2. The van der Waals surface area contributed by atoms with Crippen molar-refractivity contribution in [2.45, 2.75) is 96.7 Å². The molecule has 0 spiro atoms. The van der Waals surface area contributed by atoms with Gasteiger partial charge in [0.15, 0.2) is 5.82 Å². The smallest absolute Gasteiger partial charge is 0.259 e. The number of piperidine rings is 2. The number of carbonyl (C=O) groups excluding carboxylic acids is 5. The predicted molar refractivity (Wildman–Crippen MR) is 247 cm³/mol. The van der Waals surface area contributed by atoms with E-state index in [-0.39, 0.29) is 47.7 Å². The Balaban J connectivity index is 0.765. The Morgan fingerprint density at radius 2 is 1.71 bits per heavy atom. The van der Waals surface area contributed by atoms with E-state index in [1.165, 1.54) is 6.33 Å². The third-order valence-electron chi connectivity index (χ3n) is 13.2. The summed E-state index contributed by atoms with van der Waals surface area (Å²) in [5.41, 5.74) is 12.8. The maximum Gasteiger partial charge on any atom is 0.259 e. The lowest BCUT2D eigenvalue weighted by Crippen LogP contribution is -2.52. The molecule has 3 fully saturated rings. The Morgan fingerprint density at radius 3 is 2.43 bits per heavy atom. The van der Waals surface area contributed by atoms with Gasteiger partial charge < -0.3 is 30.5 Å². The molecule has 1 atom stereocenters. The molecule has 0 radical (unpaired) electrons. The van der Waals surface area contributed by atoms with Crippen LogP contribution in [0.5, 0.6) is 0 Å². The van der Waals surface area contributed by atoms with Gasteiger partial charge in [0, 0.05) is 88.6 Å². The lowest BCUT2D eigenvalue weighted by atomic mass is 9.95. The number of anilines is 3. The highest BCUT2D eigenvalue weighted by Crippen LogP contribution is 2.33. The van der Waals surface area contributed by atoms with Crippen molar-refractivity contribution in [2.75, 3.05) is 68.9 Å². The van der Waals surface area contributed by atoms with Crippen LogP contribution >= 0.6 is 0 Å². The average molecular weight is 885 g/mol. The summed E-state index contributed by atoms with van der Waals surface area (Å²) in [5.74, 6) is 6.16. The molecule has 1 unspecified atom stereocenters. The number of hydrogen-bond acceptors (Lipinski definition) is 11. The molecule has 6 heterocycles. The Morgan fingerprint density at radius 1 is 0.954 bits per heavy atom. The number of rotatable bonds is 14. The van der Waals surface area contributed by atoms with Gasteiger partial charge in [-0.3, -0.25) is 34.2 Å². The molecule has 16 heteroatoms. The summed E-state index contributed by atoms with van der Waals surface area (Å²) >= 11 is 0. The zero-order valence-corrected chi connectivity index (χ0v) is 37.7. The van der Waals surface area contributed by atoms with Crippen molar-refractivity contribution in [3.8, 4) is 11.8 Å². The first-order valence-corrected chi connectivity index (χ1v) is 23.1. The van der Waals surface area contributed by atoms with Crippen molar-refractivity contribution in [1.82, 2.24) is 34.6 Å². The lowest BCUT2D eigenvalue weighted by molar-refractivity contribution is -0.137. The number of carbonyl (C=O) groups is 5. The fraction of sp³-hybridized carbons (Fsp3) is 0.490. The fourth-order valence-corrected chi connectivity index (χ4v) is 9.60. The molecule has 5 amide bonds. The topological polar surface area (TPSA) is 188 Å². The molecule has 342 valence electrons. The van der Waals surface area contributed by atoms with E-state index in [1.807, 2.05) is 55.1 Å². The van der Waals surface area contributed by atoms with Crippen LogP contribution in [0.1, 0.15) is 121 Å². The van der Waals surface area contributed by atoms with Crippen LogP contribution in [0.25, 0.3) is 5.52 Å². The summed E-state index contributed by atoms with van der Waals surface area (Å²) in [6, 6.07) is 12.9. The standard InChI is InChI=1S/C49H60N10O6/c1-32(2)44-38(43(45-46(50)51-31-52-59(44)45)48(63)53-36-13-9-34(10-14-36)30-65-3)16-11-33-19-22-57(23-20-33)42(61)8-6-4-5-7-21-55-24-26-56(27-25-55)37-15-12-35-29-58(49(64)39(35)28-37)40-17-18-41(60)54-47(40)62/h9-10,12-15,28,31-33,40H,4-8,17-27,29-30H2,1-3H3,(H,53,63)(H2,50,51,52)(H,54,60,62). The van der Waals surface area contributed by atoms with Crippen molar-refractivity contribution in [2.24, 2.45) is 5.92 Å². The van der Waals surface area contributed by atoms with Crippen LogP contribution in [0.4, 0.5) is 17.2 Å². The van der Waals surface area contributed by atoms with Crippen LogP contribution in [0.15, 0.2) is 48.8 Å². The number of amides is 5. The highest BCUT2D eigenvalue weighted by molar-refractivity contribution is 6.13. The SMILES string of the molecule is COCc1ccc(NC(=O)c2c(C#CC3CCN(C(=O)CCCCCCN4CCN(c5ccc6c(c5)C(=O)N(C5CCC(=O)NC5=O)C6)CC4)CC3)c(C(C)C)n3ncnc(N)c23)cc1. The van der Waals surface area contributed by atoms with E-state index >= 15 is 0 Å². The van der Waals surface area contributed by atoms with Gasteiger partial charge in [0.25, 0.3) is 11.8 Å². The minimum Gasteiger partial charge on any atom is -0.382 e. The van der Waals surface area contributed by atoms with Gasteiger partial charge >= 0.3 is 0 Å². The van der Waals surface area contributed by atoms with Gasteiger partial charge in [0.05, 0.1) is 23.4 Å². The molecule has 2 aromatic heterocycles. The number of aromatic nitrogens is 3. The molecule has 3 saturated heterocycles. The first kappa shape index (κ1) is 45.3. The molecular weight excluding hydrogens is 825 g/mol. The van der Waals surface area contributed by atoms with Gasteiger partial charge in [-0.05, 0) is 80.0 Å². The number of unbranched alkanes of at least 4 members (excludes halogenated alkanes) is 3. The quantitative estimate of drug-likeness (QED) is 0.0883. The number of fused-ring (bicyclic) bond motifs is 2. The van der Waals surface area contributed by atoms with E-state index in [9.17, 15) is 24.0 Å². The van der Waals surface area contributed by atoms with Crippen molar-refractivity contribution in [3.63, 3.8) is 0 Å². The fourth-order valence-electron chi connectivity index (χ4n) is 9.60. The summed E-state index contributed by atoms with van der Waals surface area (Å²) < 4.78 is 6.92. The maximum absolute atomic E-state index is 14.0. The van der Waals surface area contributed by atoms with Crippen LogP contribution in [0.3, 0.4) is 0 Å². The second-order valence-electron chi connectivity index (χ2n) is 17.9. The number of nitrogens with one attached hydrogen (secondary N) is 2. The number of methoxy groups -OCH3 is 1. The Hall–Kier alpha value is -6.31. The number of hydrogen-bond donors (Lipinski definition) is 3. The van der Waals surface area contributed by atoms with Gasteiger partial charge in [-0.15, -0.1) is 0 Å². The monoisotopic (exact) mass is 884 g/mol. The van der Waals surface area contributed by atoms with Gasteiger partial charge in [-0.1, -0.05) is 56.7 Å². The second kappa shape index (κ2) is 20.2. The highest BCUT2D eigenvalue weighted by atomic mass is 16.5. The average Bonchev–Trinajstić information content (AvgIpc) is 3.82. The van der Waals surface area contributed by atoms with E-state index < -0.39 is 11.9 Å². The van der Waals surface area contributed by atoms with E-state index in [0.29, 0.717) is 67.0 Å². The number of likely N-dealkylation sites (tertiary alicyclic amines) is 1. The summed E-state index contributed by atoms with van der Waals surface area (Å²) in [6.45, 7) is 10.9. The minimum absolute atomic E-state index is 0.00654. The van der Waals surface area contributed by atoms with E-state index in [4.69, 9.17) is 10.5 Å². The molecule has 0 saturated carbocycles. The number of nitrogen functional groups attached to an aromatic ring is 1. The van der Waals surface area contributed by atoms with Crippen molar-refractivity contribution in [3.05, 3.63) is 82.3 Å². The van der Waals surface area contributed by atoms with E-state index in [2.05, 4.69) is 48.4 Å². The zero-order chi connectivity index (χ0) is 45.6. The molecule has 4 aliphatic heterocycles. The predicted octanol–water partition coefficient (Wildman–Crippen LogP) is 4.96. The Labute approximate surface area is 380 Å².